The van der Waals surface area contributed by atoms with Gasteiger partial charge in [-0.15, -0.1) is 0 Å². The SMILES string of the molecule is CCCCCCCCCCCCCCCCCCC[C@H](CCCCCCCCCC)c1[nH]cc[n+]1CC. The van der Waals surface area contributed by atoms with Crippen molar-refractivity contribution >= 4 is 0 Å². The number of nitrogens with one attached hydrogen (secondary N) is 1. The van der Waals surface area contributed by atoms with E-state index in [2.05, 4.69) is 42.7 Å². The Bertz CT molecular complexity index is 563. The minimum Gasteiger partial charge on any atom is -0.247 e. The average Bonchev–Trinajstić information content (AvgIpc) is 3.39. The molecule has 0 aliphatic rings. The van der Waals surface area contributed by atoms with Gasteiger partial charge in [0.15, 0.2) is 0 Å². The van der Waals surface area contributed by atoms with Crippen LogP contribution in [0.2, 0.25) is 0 Å². The molecule has 0 aliphatic carbocycles. The normalized spacial score (nSPS) is 12.4. The van der Waals surface area contributed by atoms with Crippen molar-refractivity contribution in [2.45, 2.75) is 207 Å². The standard InChI is InChI=1S/C35H68N2/c1-4-7-9-11-13-15-16-17-18-19-20-21-22-23-25-27-29-31-34(35-36-32-33-37(35)6-3)30-28-26-24-14-12-10-8-5-2/h32-34H,4-31H2,1-3H3/p+1/t34-/m0/s1. The van der Waals surface area contributed by atoms with Crippen LogP contribution in [0.3, 0.4) is 0 Å². The van der Waals surface area contributed by atoms with Gasteiger partial charge in [0.2, 0.25) is 0 Å². The number of imidazole rings is 1. The second-order valence-electron chi connectivity index (χ2n) is 12.0. The molecule has 1 heterocycles. The van der Waals surface area contributed by atoms with Crippen molar-refractivity contribution in [3.05, 3.63) is 18.2 Å². The van der Waals surface area contributed by atoms with Gasteiger partial charge in [-0.3, -0.25) is 0 Å². The Morgan fingerprint density at radius 3 is 1.14 bits per heavy atom. The van der Waals surface area contributed by atoms with Crippen molar-refractivity contribution in [2.24, 2.45) is 0 Å². The predicted octanol–water partition coefficient (Wildman–Crippen LogP) is 12.0. The fraction of sp³-hybridized carbons (Fsp3) is 0.914. The zero-order valence-electron chi connectivity index (χ0n) is 26.0. The molecule has 1 aromatic rings. The molecule has 1 atom stereocenters. The van der Waals surface area contributed by atoms with Gasteiger partial charge in [0.05, 0.1) is 12.5 Å². The Labute approximate surface area is 234 Å². The summed E-state index contributed by atoms with van der Waals surface area (Å²) in [6.45, 7) is 7.98. The van der Waals surface area contributed by atoms with Crippen LogP contribution < -0.4 is 4.57 Å². The van der Waals surface area contributed by atoms with Gasteiger partial charge >= 0.3 is 0 Å². The van der Waals surface area contributed by atoms with Crippen LogP contribution in [-0.2, 0) is 6.54 Å². The molecule has 218 valence electrons. The fourth-order valence-corrected chi connectivity index (χ4v) is 6.06. The third-order valence-corrected chi connectivity index (χ3v) is 8.58. The molecule has 0 saturated heterocycles. The summed E-state index contributed by atoms with van der Waals surface area (Å²) in [5.41, 5.74) is 0. The molecular weight excluding hydrogens is 448 g/mol. The monoisotopic (exact) mass is 518 g/mol. The van der Waals surface area contributed by atoms with E-state index in [9.17, 15) is 0 Å². The molecule has 2 nitrogen and oxygen atoms in total. The second-order valence-corrected chi connectivity index (χ2v) is 12.0. The van der Waals surface area contributed by atoms with Gasteiger partial charge in [0, 0.05) is 0 Å². The van der Waals surface area contributed by atoms with Gasteiger partial charge in [-0.2, -0.15) is 0 Å². The molecule has 0 unspecified atom stereocenters. The van der Waals surface area contributed by atoms with Gasteiger partial charge in [0.1, 0.15) is 12.4 Å². The number of hydrogen-bond acceptors (Lipinski definition) is 0. The molecule has 0 bridgehead atoms. The van der Waals surface area contributed by atoms with Gasteiger partial charge in [-0.05, 0) is 19.8 Å². The maximum Gasteiger partial charge on any atom is 0.257 e. The van der Waals surface area contributed by atoms with Crippen LogP contribution in [0.5, 0.6) is 0 Å². The Balaban J connectivity index is 2.03. The first-order valence-corrected chi connectivity index (χ1v) is 17.4. The zero-order valence-corrected chi connectivity index (χ0v) is 26.0. The molecule has 1 rings (SSSR count). The topological polar surface area (TPSA) is 19.7 Å². The minimum atomic E-state index is 0.728. The molecule has 1 N–H and O–H groups in total. The lowest BCUT2D eigenvalue weighted by molar-refractivity contribution is -0.701. The number of nitrogens with zero attached hydrogens (tertiary/aromatic N) is 1. The van der Waals surface area contributed by atoms with E-state index in [4.69, 9.17) is 0 Å². The minimum absolute atomic E-state index is 0.728. The van der Waals surface area contributed by atoms with Crippen molar-refractivity contribution in [1.29, 1.82) is 0 Å². The van der Waals surface area contributed by atoms with Gasteiger partial charge in [-0.1, -0.05) is 174 Å². The molecule has 0 spiro atoms. The number of aromatic amines is 1. The van der Waals surface area contributed by atoms with Crippen LogP contribution in [0.15, 0.2) is 12.4 Å². The molecule has 1 aromatic heterocycles. The number of rotatable bonds is 29. The molecular formula is C35H69N2+. The number of aromatic nitrogens is 2. The van der Waals surface area contributed by atoms with Crippen molar-refractivity contribution in [2.75, 3.05) is 0 Å². The molecule has 2 heteroatoms. The van der Waals surface area contributed by atoms with Crippen molar-refractivity contribution < 1.29 is 4.57 Å². The molecule has 37 heavy (non-hydrogen) atoms. The van der Waals surface area contributed by atoms with Crippen LogP contribution in [-0.4, -0.2) is 4.98 Å². The second kappa shape index (κ2) is 26.8. The summed E-state index contributed by atoms with van der Waals surface area (Å²) in [5, 5.41) is 0. The van der Waals surface area contributed by atoms with Crippen molar-refractivity contribution in [3.63, 3.8) is 0 Å². The Kier molecular flexibility index (Phi) is 24.8. The maximum atomic E-state index is 3.60. The van der Waals surface area contributed by atoms with Crippen LogP contribution in [0.25, 0.3) is 0 Å². The highest BCUT2D eigenvalue weighted by Crippen LogP contribution is 2.26. The van der Waals surface area contributed by atoms with E-state index in [0.717, 1.165) is 12.5 Å². The first kappa shape index (κ1) is 34.2. The first-order valence-electron chi connectivity index (χ1n) is 17.4. The first-order chi connectivity index (χ1) is 18.3. The van der Waals surface area contributed by atoms with E-state index >= 15 is 0 Å². The summed E-state index contributed by atoms with van der Waals surface area (Å²) in [4.78, 5) is 3.60. The largest absolute Gasteiger partial charge is 0.257 e. The van der Waals surface area contributed by atoms with E-state index < -0.39 is 0 Å². The van der Waals surface area contributed by atoms with Crippen LogP contribution in [0.1, 0.15) is 206 Å². The smallest absolute Gasteiger partial charge is 0.247 e. The lowest BCUT2D eigenvalue weighted by atomic mass is 9.93. The predicted molar refractivity (Wildman–Crippen MR) is 165 cm³/mol. The highest BCUT2D eigenvalue weighted by Gasteiger charge is 2.21. The third kappa shape index (κ3) is 19.9. The summed E-state index contributed by atoms with van der Waals surface area (Å²) < 4.78 is 2.45. The fourth-order valence-electron chi connectivity index (χ4n) is 6.06. The Morgan fingerprint density at radius 1 is 0.486 bits per heavy atom. The molecule has 0 radical (unpaired) electrons. The molecule has 0 fully saturated rings. The van der Waals surface area contributed by atoms with Gasteiger partial charge in [0.25, 0.3) is 5.82 Å². The van der Waals surface area contributed by atoms with E-state index in [1.54, 1.807) is 0 Å². The number of H-pyrrole nitrogens is 1. The summed E-state index contributed by atoms with van der Waals surface area (Å²) in [7, 11) is 0. The highest BCUT2D eigenvalue weighted by molar-refractivity contribution is 4.90. The maximum absolute atomic E-state index is 3.60. The van der Waals surface area contributed by atoms with E-state index in [-0.39, 0.29) is 0 Å². The Hall–Kier alpha value is -0.790. The molecule has 0 aliphatic heterocycles. The molecule has 0 saturated carbocycles. The quantitative estimate of drug-likeness (QED) is 0.0805. The van der Waals surface area contributed by atoms with Gasteiger partial charge < -0.3 is 0 Å². The lowest BCUT2D eigenvalue weighted by Crippen LogP contribution is -2.36. The lowest BCUT2D eigenvalue weighted by Gasteiger charge is -2.14. The van der Waals surface area contributed by atoms with E-state index in [1.807, 2.05) is 0 Å². The molecule has 0 amide bonds. The number of hydrogen-bond donors (Lipinski definition) is 1. The molecule has 0 aromatic carbocycles. The van der Waals surface area contributed by atoms with Crippen LogP contribution >= 0.6 is 0 Å². The summed E-state index contributed by atoms with van der Waals surface area (Å²) in [6.07, 6.45) is 43.3. The van der Waals surface area contributed by atoms with Crippen LogP contribution in [0.4, 0.5) is 0 Å². The average molecular weight is 518 g/mol. The summed E-state index contributed by atoms with van der Waals surface area (Å²) in [5.74, 6) is 2.22. The number of unbranched alkanes of at least 4 members (excludes halogenated alkanes) is 23. The van der Waals surface area contributed by atoms with Gasteiger partial charge in [-0.25, -0.2) is 9.55 Å². The van der Waals surface area contributed by atoms with Crippen molar-refractivity contribution in [1.82, 2.24) is 4.98 Å². The Morgan fingerprint density at radius 2 is 0.811 bits per heavy atom. The van der Waals surface area contributed by atoms with Crippen LogP contribution in [0, 0.1) is 0 Å². The highest BCUT2D eigenvalue weighted by atomic mass is 15.1. The zero-order chi connectivity index (χ0) is 26.7. The van der Waals surface area contributed by atoms with E-state index in [0.29, 0.717) is 0 Å². The van der Waals surface area contributed by atoms with Crippen molar-refractivity contribution in [3.8, 4) is 0 Å². The third-order valence-electron chi connectivity index (χ3n) is 8.58. The number of aryl methyl sites for hydroxylation is 1. The van der Waals surface area contributed by atoms with E-state index in [1.165, 1.54) is 179 Å². The summed E-state index contributed by atoms with van der Waals surface area (Å²) in [6, 6.07) is 0. The summed E-state index contributed by atoms with van der Waals surface area (Å²) >= 11 is 0.